The number of aliphatic hydroxyl groups is 4. The van der Waals surface area contributed by atoms with Gasteiger partial charge in [0.05, 0.1) is 91.9 Å². The summed E-state index contributed by atoms with van der Waals surface area (Å²) in [5.74, 6) is 0.380. The standard InChI is InChI=1S/C24H31FN4O3.C23H27FN4O3.2C22H27FN4O3/c1-14(2)29-19-12-17(22(30)27-23(4,5)24(6,7)31)13-26-21(19)20(28-29)16-9-8-10-18(11-16)32-15(3)25;1-13(2)28-19-11-16(23(30)26-18-8-5-9-20(18)29)12-25-22(19)21(27-28)15-6-4-7-17(10-15)31-14(3)24;2*1-12(2)27-19-10-17(22(29)25-13(3)14(4)28)11-24-21(19)20(26-27)16-7-6-8-18(9-16)30-15(5)23/h8-15,31H,1-7H3,(H,27,30);4,6-7,10-14,18,20,29H,5,8-9H2,1-3H3,(H,26,30);2*6-15,28H,1-5H3,(H,25,29)/t;14?,18-,20+;13-,14+,15?;13-,14-,15?/m.010/s1. The van der Waals surface area contributed by atoms with Gasteiger partial charge in [-0.25, -0.2) is 17.6 Å². The molecule has 8 heterocycles. The van der Waals surface area contributed by atoms with Gasteiger partial charge in [0.1, 0.15) is 67.8 Å². The van der Waals surface area contributed by atoms with Gasteiger partial charge in [-0.2, -0.15) is 20.4 Å². The van der Waals surface area contributed by atoms with Gasteiger partial charge >= 0.3 is 0 Å². The Hall–Kier alpha value is -12.0. The van der Waals surface area contributed by atoms with Crippen molar-refractivity contribution in [2.75, 3.05) is 0 Å². The zero-order chi connectivity index (χ0) is 90.0. The first-order chi connectivity index (χ1) is 58.0. The number of amides is 4. The Labute approximate surface area is 712 Å². The summed E-state index contributed by atoms with van der Waals surface area (Å²) in [7, 11) is 0. The van der Waals surface area contributed by atoms with Crippen LogP contribution in [-0.4, -0.2) is 176 Å². The van der Waals surface area contributed by atoms with Crippen LogP contribution in [0.4, 0.5) is 17.6 Å². The fourth-order valence-corrected chi connectivity index (χ4v) is 13.2. The van der Waals surface area contributed by atoms with E-state index in [0.29, 0.717) is 113 Å². The van der Waals surface area contributed by atoms with Crippen LogP contribution in [0.1, 0.15) is 223 Å². The van der Waals surface area contributed by atoms with E-state index < -0.39 is 54.9 Å². The topological polar surface area (TPSA) is 357 Å². The minimum absolute atomic E-state index is 0.0180. The van der Waals surface area contributed by atoms with E-state index in [4.69, 9.17) is 39.3 Å². The fourth-order valence-electron chi connectivity index (χ4n) is 13.2. The average Bonchev–Trinajstić information content (AvgIpc) is 1.64. The van der Waals surface area contributed by atoms with Crippen molar-refractivity contribution in [3.8, 4) is 68.0 Å². The second kappa shape index (κ2) is 39.9. The first kappa shape index (κ1) is 93.3. The molecular formula is C91H112F4N16O12. The molecule has 0 aliphatic heterocycles. The monoisotopic (exact) mass is 1700 g/mol. The fraction of sp³-hybridized carbons (Fsp3) is 0.429. The molecule has 656 valence electrons. The van der Waals surface area contributed by atoms with Crippen molar-refractivity contribution in [1.82, 2.24) is 80.3 Å². The van der Waals surface area contributed by atoms with Crippen LogP contribution in [0.3, 0.4) is 0 Å². The Morgan fingerprint density at radius 1 is 0.407 bits per heavy atom. The highest BCUT2D eigenvalue weighted by atomic mass is 19.2. The lowest BCUT2D eigenvalue weighted by Gasteiger charge is -2.37. The number of halogens is 4. The van der Waals surface area contributed by atoms with Crippen molar-refractivity contribution in [3.05, 3.63) is 168 Å². The van der Waals surface area contributed by atoms with E-state index >= 15 is 0 Å². The molecule has 8 N–H and O–H groups in total. The second-order valence-electron chi connectivity index (χ2n) is 32.9. The number of alkyl halides is 4. The van der Waals surface area contributed by atoms with Crippen LogP contribution in [0.5, 0.6) is 23.0 Å². The Balaban J connectivity index is 0.000000172. The summed E-state index contributed by atoms with van der Waals surface area (Å²) in [4.78, 5) is 68.9. The molecule has 0 spiro atoms. The van der Waals surface area contributed by atoms with Crippen LogP contribution in [0.15, 0.2) is 146 Å². The summed E-state index contributed by atoms with van der Waals surface area (Å²) in [5, 5.41) is 69.8. The largest absolute Gasteiger partial charge is 0.461 e. The Morgan fingerprint density at radius 2 is 0.675 bits per heavy atom. The molecule has 1 aliphatic rings. The number of nitrogens with one attached hydrogen (secondary N) is 4. The summed E-state index contributed by atoms with van der Waals surface area (Å²) in [6, 6.07) is 34.3. The molecule has 1 aliphatic carbocycles. The third-order valence-corrected chi connectivity index (χ3v) is 20.7. The average molecular weight is 1700 g/mol. The maximum Gasteiger partial charge on any atom is 0.253 e. The number of carbonyl (C=O) groups excluding carboxylic acids is 4. The maximum atomic E-state index is 13.3. The second-order valence-corrected chi connectivity index (χ2v) is 32.9. The lowest BCUT2D eigenvalue weighted by Crippen LogP contribution is -2.57. The molecule has 8 aromatic heterocycles. The molecule has 4 amide bonds. The van der Waals surface area contributed by atoms with Crippen LogP contribution in [0.2, 0.25) is 0 Å². The quantitative estimate of drug-likeness (QED) is 0.0222. The molecule has 0 saturated heterocycles. The van der Waals surface area contributed by atoms with Gasteiger partial charge in [-0.15, -0.1) is 0 Å². The van der Waals surface area contributed by atoms with Crippen molar-refractivity contribution in [2.24, 2.45) is 0 Å². The summed E-state index contributed by atoms with van der Waals surface area (Å²) in [5.41, 5.74) is 10.5. The van der Waals surface area contributed by atoms with Crippen molar-refractivity contribution in [1.29, 1.82) is 0 Å². The van der Waals surface area contributed by atoms with Gasteiger partial charge in [0, 0.05) is 98.9 Å². The number of aromatic nitrogens is 12. The van der Waals surface area contributed by atoms with E-state index in [1.807, 2.05) is 84.3 Å². The Kier molecular flexibility index (Phi) is 30.3. The molecule has 123 heavy (non-hydrogen) atoms. The number of rotatable bonds is 27. The van der Waals surface area contributed by atoms with Crippen LogP contribution in [-0.2, 0) is 0 Å². The van der Waals surface area contributed by atoms with Crippen molar-refractivity contribution < 1.29 is 76.1 Å². The SMILES string of the molecule is CC(F)Oc1cccc(-c2nn(C(C)C)c3cc(C(=O)NC(C)(C)C(C)(C)O)cnc23)c1.CC(F)Oc1cccc(-c2nn(C(C)C)c3cc(C(=O)N[C@@H](C)[C@H](C)O)cnc23)c1.CC(F)Oc1cccc(-c2nn(C(C)C)c3cc(C(=O)N[C@H](C)[C@H](C)O)cnc23)c1.CC(F)Oc1cccc(-c2nn(C(C)C)c3cc(C(=O)N[C@H]4CCC[C@H]4O)cnc23)c1. The van der Waals surface area contributed by atoms with E-state index in [0.717, 1.165) is 40.6 Å². The van der Waals surface area contributed by atoms with Gasteiger partial charge in [0.2, 0.25) is 25.4 Å². The van der Waals surface area contributed by atoms with Crippen molar-refractivity contribution >= 4 is 67.8 Å². The van der Waals surface area contributed by atoms with Gasteiger partial charge in [0.25, 0.3) is 23.6 Å². The normalized spacial score (nSPS) is 15.5. The molecule has 28 nitrogen and oxygen atoms in total. The summed E-state index contributed by atoms with van der Waals surface area (Å²) >= 11 is 0. The van der Waals surface area contributed by atoms with Crippen LogP contribution in [0, 0.1) is 0 Å². The van der Waals surface area contributed by atoms with E-state index in [1.165, 1.54) is 52.5 Å². The van der Waals surface area contributed by atoms with E-state index in [9.17, 15) is 57.2 Å². The highest BCUT2D eigenvalue weighted by molar-refractivity contribution is 6.03. The Bertz CT molecular complexity index is 5530. The zero-order valence-electron chi connectivity index (χ0n) is 73.0. The van der Waals surface area contributed by atoms with Gasteiger partial charge in [0.15, 0.2) is 0 Å². The third-order valence-electron chi connectivity index (χ3n) is 20.7. The summed E-state index contributed by atoms with van der Waals surface area (Å²) in [6.45, 7) is 34.8. The van der Waals surface area contributed by atoms with Crippen LogP contribution in [0.25, 0.3) is 89.2 Å². The zero-order valence-corrected chi connectivity index (χ0v) is 73.0. The highest BCUT2D eigenvalue weighted by Gasteiger charge is 2.37. The number of hydrogen-bond donors (Lipinski definition) is 8. The van der Waals surface area contributed by atoms with Crippen LogP contribution < -0.4 is 40.2 Å². The number of pyridine rings is 4. The molecule has 4 aromatic carbocycles. The number of hydrogen-bond acceptors (Lipinski definition) is 20. The predicted molar refractivity (Wildman–Crippen MR) is 464 cm³/mol. The molecule has 0 radical (unpaired) electrons. The smallest absolute Gasteiger partial charge is 0.253 e. The minimum atomic E-state index is -1.43. The number of benzene rings is 4. The Morgan fingerprint density at radius 3 is 0.911 bits per heavy atom. The number of ether oxygens (including phenoxy) is 4. The van der Waals surface area contributed by atoms with Gasteiger partial charge < -0.3 is 60.6 Å². The highest BCUT2D eigenvalue weighted by Crippen LogP contribution is 2.37. The maximum absolute atomic E-state index is 13.3. The van der Waals surface area contributed by atoms with Crippen molar-refractivity contribution in [3.63, 3.8) is 0 Å². The van der Waals surface area contributed by atoms with E-state index in [-0.39, 0.29) is 65.9 Å². The molecule has 1 saturated carbocycles. The lowest BCUT2D eigenvalue weighted by molar-refractivity contribution is -0.00293. The molecule has 0 bridgehead atoms. The van der Waals surface area contributed by atoms with Crippen molar-refractivity contribution in [2.45, 2.75) is 255 Å². The lowest BCUT2D eigenvalue weighted by atomic mass is 9.86. The molecule has 1 fully saturated rings. The van der Waals surface area contributed by atoms with Gasteiger partial charge in [-0.05, 0) is 203 Å². The third kappa shape index (κ3) is 23.0. The van der Waals surface area contributed by atoms with Crippen LogP contribution >= 0.6 is 0 Å². The number of nitrogens with zero attached hydrogens (tertiary/aromatic N) is 12. The number of aliphatic hydroxyl groups excluding tert-OH is 3. The first-order valence-electron chi connectivity index (χ1n) is 41.2. The summed E-state index contributed by atoms with van der Waals surface area (Å²) < 4.78 is 80.9. The van der Waals surface area contributed by atoms with Gasteiger partial charge in [-0.1, -0.05) is 48.5 Å². The van der Waals surface area contributed by atoms with E-state index in [1.54, 1.807) is 166 Å². The summed E-state index contributed by atoms with van der Waals surface area (Å²) in [6.07, 6.45) is 0.853. The number of carbonyl (C=O) groups is 4. The minimum Gasteiger partial charge on any atom is -0.461 e. The molecule has 10 atom stereocenters. The first-order valence-corrected chi connectivity index (χ1v) is 41.2. The molecule has 12 aromatic rings. The molecule has 4 unspecified atom stereocenters. The predicted octanol–water partition coefficient (Wildman–Crippen LogP) is 16.4. The van der Waals surface area contributed by atoms with Gasteiger partial charge in [-0.3, -0.25) is 57.8 Å². The van der Waals surface area contributed by atoms with E-state index in [2.05, 4.69) is 41.2 Å². The molecule has 13 rings (SSSR count). The molecule has 32 heteroatoms. The number of fused-ring (bicyclic) bond motifs is 4. The molecular weight excluding hydrogens is 1590 g/mol.